The van der Waals surface area contributed by atoms with Gasteiger partial charge in [0.25, 0.3) is 5.91 Å². The van der Waals surface area contributed by atoms with Gasteiger partial charge in [-0.25, -0.2) is 0 Å². The zero-order valence-corrected chi connectivity index (χ0v) is 23.3. The molecule has 3 heterocycles. The van der Waals surface area contributed by atoms with Gasteiger partial charge in [-0.2, -0.15) is 18.3 Å². The van der Waals surface area contributed by atoms with Gasteiger partial charge in [0.1, 0.15) is 0 Å². The number of hydrogen-bond donors (Lipinski definition) is 1. The molecule has 0 unspecified atom stereocenters. The SMILES string of the molecule is CN1CCC(CN(CC(=O)c2c(Cl)cncc2Cl)C(=O)c2cnn([C@H]3CC[C@H](C(=O)O)CC3)c2C(F)(F)F)CC1. The molecule has 1 saturated carbocycles. The summed E-state index contributed by atoms with van der Waals surface area (Å²) in [6.45, 7) is 1.06. The summed E-state index contributed by atoms with van der Waals surface area (Å²) in [4.78, 5) is 45.4. The Hall–Kier alpha value is -2.70. The number of amides is 1. The van der Waals surface area contributed by atoms with Crippen molar-refractivity contribution in [1.29, 1.82) is 0 Å². The van der Waals surface area contributed by atoms with Crippen LogP contribution in [-0.2, 0) is 11.0 Å². The number of halogens is 5. The average molecular weight is 604 g/mol. The third-order valence-electron chi connectivity index (χ3n) is 7.76. The van der Waals surface area contributed by atoms with Crippen LogP contribution < -0.4 is 0 Å². The van der Waals surface area contributed by atoms with Crippen LogP contribution in [0, 0.1) is 11.8 Å². The van der Waals surface area contributed by atoms with Crippen LogP contribution in [0.25, 0.3) is 0 Å². The first-order chi connectivity index (χ1) is 18.9. The van der Waals surface area contributed by atoms with Gasteiger partial charge in [0.15, 0.2) is 11.5 Å². The Morgan fingerprint density at radius 3 is 2.17 bits per heavy atom. The lowest BCUT2D eigenvalue weighted by Crippen LogP contribution is -2.42. The maximum absolute atomic E-state index is 14.4. The Bertz CT molecular complexity index is 1240. The molecule has 0 aromatic carbocycles. The fourth-order valence-electron chi connectivity index (χ4n) is 5.52. The summed E-state index contributed by atoms with van der Waals surface area (Å²) < 4.78 is 44.1. The Labute approximate surface area is 239 Å². The van der Waals surface area contributed by atoms with Crippen LogP contribution in [0.2, 0.25) is 10.0 Å². The van der Waals surface area contributed by atoms with Crippen molar-refractivity contribution in [3.05, 3.63) is 45.5 Å². The van der Waals surface area contributed by atoms with Gasteiger partial charge in [-0.3, -0.25) is 24.0 Å². The minimum atomic E-state index is -4.91. The van der Waals surface area contributed by atoms with E-state index >= 15 is 0 Å². The van der Waals surface area contributed by atoms with E-state index in [0.717, 1.165) is 28.9 Å². The van der Waals surface area contributed by atoms with E-state index in [1.54, 1.807) is 0 Å². The molecule has 1 saturated heterocycles. The molecule has 0 radical (unpaired) electrons. The number of alkyl halides is 3. The van der Waals surface area contributed by atoms with Gasteiger partial charge in [0, 0.05) is 18.9 Å². The van der Waals surface area contributed by atoms with Crippen LogP contribution in [-0.4, -0.2) is 80.6 Å². The summed E-state index contributed by atoms with van der Waals surface area (Å²) in [5, 5.41) is 13.2. The van der Waals surface area contributed by atoms with Gasteiger partial charge in [-0.1, -0.05) is 23.2 Å². The van der Waals surface area contributed by atoms with E-state index < -0.39 is 53.6 Å². The van der Waals surface area contributed by atoms with Gasteiger partial charge < -0.3 is 14.9 Å². The van der Waals surface area contributed by atoms with Crippen molar-refractivity contribution >= 4 is 40.9 Å². The van der Waals surface area contributed by atoms with Gasteiger partial charge in [0.2, 0.25) is 0 Å². The van der Waals surface area contributed by atoms with Crippen LogP contribution in [0.3, 0.4) is 0 Å². The second kappa shape index (κ2) is 12.4. The molecular formula is C26H30Cl2F3N5O4. The van der Waals surface area contributed by atoms with Crippen LogP contribution >= 0.6 is 23.2 Å². The largest absolute Gasteiger partial charge is 0.481 e. The predicted molar refractivity (Wildman–Crippen MR) is 141 cm³/mol. The second-order valence-electron chi connectivity index (χ2n) is 10.5. The Morgan fingerprint density at radius 2 is 1.62 bits per heavy atom. The number of carboxylic acids is 1. The minimum absolute atomic E-state index is 0.0213. The highest BCUT2D eigenvalue weighted by molar-refractivity contribution is 6.39. The first-order valence-corrected chi connectivity index (χ1v) is 13.8. The summed E-state index contributed by atoms with van der Waals surface area (Å²) >= 11 is 12.3. The molecule has 9 nitrogen and oxygen atoms in total. The van der Waals surface area contributed by atoms with E-state index in [1.807, 2.05) is 7.05 Å². The molecule has 0 spiro atoms. The third kappa shape index (κ3) is 6.77. The molecule has 4 rings (SSSR count). The normalized spacial score (nSPS) is 20.9. The number of likely N-dealkylation sites (tertiary alicyclic amines) is 1. The number of carbonyl (C=O) groups is 3. The Morgan fingerprint density at radius 1 is 1.02 bits per heavy atom. The highest BCUT2D eigenvalue weighted by Gasteiger charge is 2.43. The standard InChI is InChI=1S/C26H30Cl2F3N5O4/c1-34-8-6-15(7-9-34)13-35(14-21(37)22-19(27)11-32-12-20(22)28)24(38)18-10-33-36(23(18)26(29,30)31)17-4-2-16(3-5-17)25(39)40/h10-12,15-17H,2-9,13-14H2,1H3,(H,39,40)/t16-,17-. The lowest BCUT2D eigenvalue weighted by molar-refractivity contribution is -0.147. The lowest BCUT2D eigenvalue weighted by atomic mass is 9.86. The van der Waals surface area contributed by atoms with Crippen LogP contribution in [0.4, 0.5) is 13.2 Å². The molecule has 2 aliphatic rings. The monoisotopic (exact) mass is 603 g/mol. The molecule has 0 atom stereocenters. The Kier molecular flexibility index (Phi) is 9.41. The molecule has 1 N–H and O–H groups in total. The maximum atomic E-state index is 14.4. The van der Waals surface area contributed by atoms with Crippen molar-refractivity contribution in [2.24, 2.45) is 11.8 Å². The van der Waals surface area contributed by atoms with Crippen molar-refractivity contribution in [3.63, 3.8) is 0 Å². The number of rotatable bonds is 8. The predicted octanol–water partition coefficient (Wildman–Crippen LogP) is 5.09. The first kappa shape index (κ1) is 30.3. The average Bonchev–Trinajstić information content (AvgIpc) is 3.35. The molecule has 1 amide bonds. The van der Waals surface area contributed by atoms with E-state index in [1.165, 1.54) is 12.4 Å². The minimum Gasteiger partial charge on any atom is -0.481 e. The number of nitrogens with zero attached hydrogens (tertiary/aromatic N) is 5. The van der Waals surface area contributed by atoms with Gasteiger partial charge >= 0.3 is 12.1 Å². The third-order valence-corrected chi connectivity index (χ3v) is 8.33. The van der Waals surface area contributed by atoms with Crippen molar-refractivity contribution in [2.75, 3.05) is 33.2 Å². The number of aromatic nitrogens is 3. The fraction of sp³-hybridized carbons (Fsp3) is 0.577. The smallest absolute Gasteiger partial charge is 0.433 e. The van der Waals surface area contributed by atoms with Crippen molar-refractivity contribution in [3.8, 4) is 0 Å². The number of Topliss-reactive ketones (excluding diaryl/α,β-unsaturated/α-hetero) is 1. The van der Waals surface area contributed by atoms with Crippen molar-refractivity contribution in [2.45, 2.75) is 50.7 Å². The van der Waals surface area contributed by atoms with Gasteiger partial charge in [0.05, 0.1) is 45.9 Å². The quantitative estimate of drug-likeness (QED) is 0.419. The number of carboxylic acid groups (broad SMARTS) is 1. The number of carbonyl (C=O) groups excluding carboxylic acids is 2. The van der Waals surface area contributed by atoms with E-state index in [2.05, 4.69) is 15.0 Å². The molecule has 1 aliphatic carbocycles. The molecule has 1 aliphatic heterocycles. The second-order valence-corrected chi connectivity index (χ2v) is 11.3. The van der Waals surface area contributed by atoms with Gasteiger partial charge in [-0.05, 0) is 64.6 Å². The van der Waals surface area contributed by atoms with Crippen LogP contribution in [0.1, 0.15) is 71.0 Å². The number of aliphatic carboxylic acids is 1. The lowest BCUT2D eigenvalue weighted by Gasteiger charge is -2.33. The summed E-state index contributed by atoms with van der Waals surface area (Å²) in [6, 6.07) is -0.702. The number of ketones is 1. The number of pyridine rings is 1. The molecule has 40 heavy (non-hydrogen) atoms. The molecule has 2 aromatic rings. The molecule has 2 aromatic heterocycles. The molecular weight excluding hydrogens is 574 g/mol. The highest BCUT2D eigenvalue weighted by atomic mass is 35.5. The summed E-state index contributed by atoms with van der Waals surface area (Å²) in [5.41, 5.74) is -1.90. The molecule has 2 fully saturated rings. The van der Waals surface area contributed by atoms with Crippen LogP contribution in [0.5, 0.6) is 0 Å². The van der Waals surface area contributed by atoms with E-state index in [-0.39, 0.29) is 53.8 Å². The zero-order chi connectivity index (χ0) is 29.2. The summed E-state index contributed by atoms with van der Waals surface area (Å²) in [6.07, 6.45) is 0.670. The van der Waals surface area contributed by atoms with Crippen molar-refractivity contribution < 1.29 is 32.7 Å². The van der Waals surface area contributed by atoms with E-state index in [9.17, 15) is 32.7 Å². The van der Waals surface area contributed by atoms with Gasteiger partial charge in [-0.15, -0.1) is 0 Å². The first-order valence-electron chi connectivity index (χ1n) is 13.0. The number of hydrogen-bond acceptors (Lipinski definition) is 6. The summed E-state index contributed by atoms with van der Waals surface area (Å²) in [5.74, 6) is -3.20. The van der Waals surface area contributed by atoms with E-state index in [4.69, 9.17) is 23.2 Å². The molecule has 14 heteroatoms. The van der Waals surface area contributed by atoms with Crippen molar-refractivity contribution in [1.82, 2.24) is 24.6 Å². The Balaban J connectivity index is 1.65. The topological polar surface area (TPSA) is 109 Å². The highest BCUT2D eigenvalue weighted by Crippen LogP contribution is 2.39. The number of piperidine rings is 1. The van der Waals surface area contributed by atoms with Crippen LogP contribution in [0.15, 0.2) is 18.6 Å². The van der Waals surface area contributed by atoms with E-state index in [0.29, 0.717) is 12.8 Å². The zero-order valence-electron chi connectivity index (χ0n) is 21.8. The summed E-state index contributed by atoms with van der Waals surface area (Å²) in [7, 11) is 1.96. The molecule has 218 valence electrons. The maximum Gasteiger partial charge on any atom is 0.433 e. The molecule has 0 bridgehead atoms. The fourth-order valence-corrected chi connectivity index (χ4v) is 6.10.